The maximum absolute atomic E-state index is 15.5. The highest BCUT2D eigenvalue weighted by molar-refractivity contribution is 6.22. The van der Waals surface area contributed by atoms with E-state index in [0.29, 0.717) is 55.6 Å². The fourth-order valence-corrected chi connectivity index (χ4v) is 8.85. The monoisotopic (exact) mass is 631 g/mol. The van der Waals surface area contributed by atoms with Gasteiger partial charge in [0.25, 0.3) is 5.91 Å². The van der Waals surface area contributed by atoms with Crippen molar-refractivity contribution in [2.75, 3.05) is 13.1 Å². The second-order valence-electron chi connectivity index (χ2n) is 13.4. The third-order valence-electron chi connectivity index (χ3n) is 11.0. The van der Waals surface area contributed by atoms with Crippen molar-refractivity contribution in [3.63, 3.8) is 0 Å². The van der Waals surface area contributed by atoms with Crippen molar-refractivity contribution in [3.8, 4) is 0 Å². The number of carbonyl (C=O) groups is 3. The van der Waals surface area contributed by atoms with Crippen LogP contribution in [0.1, 0.15) is 91.9 Å². The van der Waals surface area contributed by atoms with Crippen molar-refractivity contribution in [2.45, 2.75) is 107 Å². The molecule has 1 saturated heterocycles. The first-order valence-electron chi connectivity index (χ1n) is 15.5. The van der Waals surface area contributed by atoms with Gasteiger partial charge in [0, 0.05) is 36.7 Å². The molecule has 4 aliphatic carbocycles. The van der Waals surface area contributed by atoms with Crippen molar-refractivity contribution in [3.05, 3.63) is 17.0 Å². The predicted molar refractivity (Wildman–Crippen MR) is 146 cm³/mol. The van der Waals surface area contributed by atoms with Gasteiger partial charge in [-0.15, -0.1) is 11.6 Å². The lowest BCUT2D eigenvalue weighted by molar-refractivity contribution is -0.209. The normalized spacial score (nSPS) is 35.8. The topological polar surface area (TPSA) is 113 Å². The van der Waals surface area contributed by atoms with E-state index < -0.39 is 70.7 Å². The minimum atomic E-state index is -4.47. The van der Waals surface area contributed by atoms with E-state index in [9.17, 15) is 37.8 Å². The minimum Gasteiger partial charge on any atom is -0.481 e. The quantitative estimate of drug-likeness (QED) is 0.353. The Morgan fingerprint density at radius 1 is 1.00 bits per heavy atom. The number of aliphatic carboxylic acids is 1. The second kappa shape index (κ2) is 11.3. The Balaban J connectivity index is 1.36. The lowest BCUT2D eigenvalue weighted by atomic mass is 9.69. The number of hydrogen-bond acceptors (Lipinski definition) is 5. The molecule has 3 saturated carbocycles. The van der Waals surface area contributed by atoms with E-state index in [1.165, 1.54) is 0 Å². The highest BCUT2D eigenvalue weighted by Crippen LogP contribution is 2.66. The Morgan fingerprint density at radius 3 is 2.35 bits per heavy atom. The summed E-state index contributed by atoms with van der Waals surface area (Å²) in [5, 5.41) is 23.2. The van der Waals surface area contributed by atoms with E-state index in [1.807, 2.05) is 0 Å². The maximum atomic E-state index is 15.5. The molecular weight excluding hydrogens is 594 g/mol. The van der Waals surface area contributed by atoms with Crippen molar-refractivity contribution in [2.24, 2.45) is 29.1 Å². The molecule has 8 atom stereocenters. The van der Waals surface area contributed by atoms with Gasteiger partial charge in [-0.2, -0.15) is 18.3 Å². The number of halogens is 5. The number of likely N-dealkylation sites (tertiary alicyclic amines) is 1. The van der Waals surface area contributed by atoms with Crippen LogP contribution in [0.3, 0.4) is 0 Å². The first-order valence-corrected chi connectivity index (χ1v) is 16.0. The molecule has 0 spiro atoms. The zero-order valence-electron chi connectivity index (χ0n) is 23.9. The van der Waals surface area contributed by atoms with Crippen LogP contribution in [0.2, 0.25) is 0 Å². The largest absolute Gasteiger partial charge is 0.481 e. The van der Waals surface area contributed by atoms with Crippen LogP contribution in [0.15, 0.2) is 0 Å². The third kappa shape index (κ3) is 5.38. The van der Waals surface area contributed by atoms with Crippen LogP contribution in [-0.2, 0) is 22.4 Å². The Labute approximate surface area is 252 Å². The summed E-state index contributed by atoms with van der Waals surface area (Å²) in [5.41, 5.74) is -0.555. The number of carboxylic acid groups (broad SMARTS) is 1. The molecular formula is C30H38ClF4N3O5. The molecule has 0 radical (unpaired) electrons. The van der Waals surface area contributed by atoms with Crippen LogP contribution in [0.25, 0.3) is 0 Å². The Kier molecular flexibility index (Phi) is 8.09. The maximum Gasteiger partial charge on any atom is 0.394 e. The van der Waals surface area contributed by atoms with Crippen LogP contribution in [0.4, 0.5) is 17.6 Å². The highest BCUT2D eigenvalue weighted by atomic mass is 35.5. The lowest BCUT2D eigenvalue weighted by Crippen LogP contribution is -2.47. The molecule has 4 fully saturated rings. The summed E-state index contributed by atoms with van der Waals surface area (Å²) in [6.45, 7) is 0.638. The molecule has 238 valence electrons. The van der Waals surface area contributed by atoms with Gasteiger partial charge >= 0.3 is 12.1 Å². The Bertz CT molecular complexity index is 1280. The number of amides is 1. The summed E-state index contributed by atoms with van der Waals surface area (Å²) in [6.07, 6.45) is -3.95. The van der Waals surface area contributed by atoms with Crippen LogP contribution in [-0.4, -0.2) is 79.6 Å². The number of carboxylic acids is 1. The lowest BCUT2D eigenvalue weighted by Gasteiger charge is -2.40. The zero-order chi connectivity index (χ0) is 30.8. The number of aliphatic hydroxyl groups excluding tert-OH is 1. The summed E-state index contributed by atoms with van der Waals surface area (Å²) in [4.78, 5) is 40.8. The summed E-state index contributed by atoms with van der Waals surface area (Å²) in [6, 6.07) is 0. The first kappa shape index (κ1) is 30.8. The van der Waals surface area contributed by atoms with Crippen LogP contribution < -0.4 is 0 Å². The molecule has 6 rings (SSSR count). The number of alkyl halides is 5. The molecule has 0 aromatic carbocycles. The number of hydrogen-bond donors (Lipinski definition) is 2. The highest BCUT2D eigenvalue weighted by Gasteiger charge is 2.69. The van der Waals surface area contributed by atoms with Crippen molar-refractivity contribution in [1.29, 1.82) is 0 Å². The number of nitrogens with zero attached hydrogens (tertiary/aromatic N) is 3. The molecule has 2 heterocycles. The third-order valence-corrected chi connectivity index (χ3v) is 11.5. The second-order valence-corrected chi connectivity index (χ2v) is 14.0. The SMILES string of the molecule is O=C(O)C1CCC(c2nn(C(=O)C3C(Cl)CCCC3C3(C(F)(F)F)CC3)c3c2CCC(C(=O)N2CC[C@@H](O)C2)C3)C(F)C1. The van der Waals surface area contributed by atoms with Gasteiger partial charge in [-0.3, -0.25) is 14.4 Å². The van der Waals surface area contributed by atoms with Gasteiger partial charge in [-0.1, -0.05) is 6.42 Å². The van der Waals surface area contributed by atoms with E-state index >= 15 is 4.39 Å². The standard InChI is InChI=1S/C30H38ClF4N3O5/c31-21-3-1-2-20(29(9-10-29)30(33,34)35)24(21)27(41)38-23-13-15(26(40)37-11-8-17(39)14-37)4-7-19(23)25(36-38)18-6-5-16(28(42)43)12-22(18)32/h15-18,20-22,24,39H,1-14H2,(H,42,43)/t15?,16?,17-,18?,20?,21?,22?,24?/m1/s1. The predicted octanol–water partition coefficient (Wildman–Crippen LogP) is 4.89. The number of aliphatic hydroxyl groups is 1. The van der Waals surface area contributed by atoms with Crippen molar-refractivity contribution < 1.29 is 42.2 Å². The van der Waals surface area contributed by atoms with E-state index in [0.717, 1.165) is 4.68 Å². The summed E-state index contributed by atoms with van der Waals surface area (Å²) in [7, 11) is 0. The van der Waals surface area contributed by atoms with Crippen LogP contribution in [0, 0.1) is 29.1 Å². The molecule has 2 N–H and O–H groups in total. The molecule has 8 nitrogen and oxygen atoms in total. The molecule has 7 unspecified atom stereocenters. The van der Waals surface area contributed by atoms with E-state index in [-0.39, 0.29) is 57.4 Å². The average Bonchev–Trinajstić information content (AvgIpc) is 3.55. The number of rotatable bonds is 5. The summed E-state index contributed by atoms with van der Waals surface area (Å²) in [5.74, 6) is -6.07. The summed E-state index contributed by atoms with van der Waals surface area (Å²) >= 11 is 6.66. The van der Waals surface area contributed by atoms with Gasteiger partial charge in [0.2, 0.25) is 5.91 Å². The fraction of sp³-hybridized carbons (Fsp3) is 0.800. The van der Waals surface area contributed by atoms with Gasteiger partial charge in [-0.25, -0.2) is 9.07 Å². The van der Waals surface area contributed by atoms with Crippen molar-refractivity contribution in [1.82, 2.24) is 14.7 Å². The van der Waals surface area contributed by atoms with E-state index in [4.69, 9.17) is 11.6 Å². The molecule has 1 aliphatic heterocycles. The molecule has 0 bridgehead atoms. The van der Waals surface area contributed by atoms with E-state index in [1.54, 1.807) is 4.90 Å². The molecule has 1 amide bonds. The van der Waals surface area contributed by atoms with Crippen LogP contribution in [0.5, 0.6) is 0 Å². The molecule has 43 heavy (non-hydrogen) atoms. The van der Waals surface area contributed by atoms with Gasteiger partial charge < -0.3 is 15.1 Å². The van der Waals surface area contributed by atoms with Crippen molar-refractivity contribution >= 4 is 29.4 Å². The molecule has 1 aromatic rings. The van der Waals surface area contributed by atoms with Gasteiger partial charge in [-0.05, 0) is 75.7 Å². The zero-order valence-corrected chi connectivity index (χ0v) is 24.6. The van der Waals surface area contributed by atoms with E-state index in [2.05, 4.69) is 5.10 Å². The number of aromatic nitrogens is 2. The Morgan fingerprint density at radius 2 is 1.74 bits per heavy atom. The molecule has 1 aromatic heterocycles. The molecule has 13 heteroatoms. The van der Waals surface area contributed by atoms with Gasteiger partial charge in [0.1, 0.15) is 6.17 Å². The fourth-order valence-electron chi connectivity index (χ4n) is 8.41. The van der Waals surface area contributed by atoms with Gasteiger partial charge in [0.15, 0.2) is 0 Å². The minimum absolute atomic E-state index is 0.0500. The summed E-state index contributed by atoms with van der Waals surface area (Å²) < 4.78 is 59.5. The first-order chi connectivity index (χ1) is 20.3. The Hall–Kier alpha value is -2.21. The average molecular weight is 632 g/mol. The number of carbonyl (C=O) groups excluding carboxylic acids is 2. The van der Waals surface area contributed by atoms with Gasteiger partial charge in [0.05, 0.1) is 34.7 Å². The number of β-amino-alcohol motifs (C(OH)–C–C–N with tert-alkyl or cyclic N) is 1. The molecule has 5 aliphatic rings. The number of fused-ring (bicyclic) bond motifs is 1. The smallest absolute Gasteiger partial charge is 0.394 e. The van der Waals surface area contributed by atoms with Crippen LogP contribution >= 0.6 is 11.6 Å².